The fraction of sp³-hybridized carbons (Fsp3) is 0.125. The Bertz CT molecular complexity index is 761. The summed E-state index contributed by atoms with van der Waals surface area (Å²) in [5.74, 6) is -0.495. The molecule has 7 heteroatoms. The number of thioether (sulfide) groups is 1. The molecule has 1 heterocycles. The summed E-state index contributed by atoms with van der Waals surface area (Å²) in [6.07, 6.45) is 0.120. The second-order valence-corrected chi connectivity index (χ2v) is 6.24. The zero-order valence-corrected chi connectivity index (χ0v) is 12.7. The highest BCUT2D eigenvalue weighted by Gasteiger charge is 2.40. The first-order valence-electron chi connectivity index (χ1n) is 6.89. The normalized spacial score (nSPS) is 17.6. The number of non-ortho nitro benzene ring substituents is 1. The number of imide groups is 1. The Balaban J connectivity index is 1.76. The van der Waals surface area contributed by atoms with Crippen molar-refractivity contribution in [2.24, 2.45) is 0 Å². The van der Waals surface area contributed by atoms with Crippen molar-refractivity contribution in [3.63, 3.8) is 0 Å². The number of nitro groups is 1. The quantitative estimate of drug-likeness (QED) is 0.489. The Morgan fingerprint density at radius 3 is 2.30 bits per heavy atom. The van der Waals surface area contributed by atoms with E-state index in [4.69, 9.17) is 0 Å². The van der Waals surface area contributed by atoms with Gasteiger partial charge in [-0.1, -0.05) is 18.2 Å². The molecule has 0 N–H and O–H groups in total. The number of hydrogen-bond acceptors (Lipinski definition) is 5. The minimum Gasteiger partial charge on any atom is -0.274 e. The van der Waals surface area contributed by atoms with Crippen LogP contribution in [0.15, 0.2) is 59.5 Å². The van der Waals surface area contributed by atoms with Gasteiger partial charge in [-0.05, 0) is 24.3 Å². The number of carbonyl (C=O) groups is 2. The van der Waals surface area contributed by atoms with Crippen molar-refractivity contribution in [1.82, 2.24) is 0 Å². The molecule has 0 bridgehead atoms. The van der Waals surface area contributed by atoms with Crippen LogP contribution >= 0.6 is 11.8 Å². The number of anilines is 1. The fourth-order valence-corrected chi connectivity index (χ4v) is 3.41. The molecule has 0 spiro atoms. The average molecular weight is 328 g/mol. The standard InChI is InChI=1S/C16H12N2O4S/c19-15-10-14(16(20)17(15)11-4-2-1-3-5-11)23-13-8-6-12(7-9-13)18(21)22/h1-9,14H,10H2. The third kappa shape index (κ3) is 3.09. The van der Waals surface area contributed by atoms with Gasteiger partial charge in [-0.2, -0.15) is 0 Å². The number of para-hydroxylation sites is 1. The number of benzene rings is 2. The molecule has 116 valence electrons. The Morgan fingerprint density at radius 1 is 1.04 bits per heavy atom. The van der Waals surface area contributed by atoms with E-state index in [1.54, 1.807) is 36.4 Å². The first kappa shape index (κ1) is 15.2. The Labute approximate surface area is 136 Å². The second kappa shape index (κ2) is 6.21. The van der Waals surface area contributed by atoms with Crippen molar-refractivity contribution in [3.05, 3.63) is 64.7 Å². The highest BCUT2D eigenvalue weighted by molar-refractivity contribution is 8.00. The van der Waals surface area contributed by atoms with Crippen LogP contribution in [0.3, 0.4) is 0 Å². The number of amides is 2. The molecule has 2 aromatic carbocycles. The first-order chi connectivity index (χ1) is 11.1. The highest BCUT2D eigenvalue weighted by atomic mass is 32.2. The van der Waals surface area contributed by atoms with Crippen LogP contribution in [0.2, 0.25) is 0 Å². The van der Waals surface area contributed by atoms with E-state index in [0.29, 0.717) is 5.69 Å². The summed E-state index contributed by atoms with van der Waals surface area (Å²) in [6, 6.07) is 14.7. The maximum atomic E-state index is 12.5. The van der Waals surface area contributed by atoms with Gasteiger partial charge in [0.15, 0.2) is 0 Å². The molecule has 1 aliphatic heterocycles. The van der Waals surface area contributed by atoms with Gasteiger partial charge >= 0.3 is 0 Å². The van der Waals surface area contributed by atoms with Crippen LogP contribution in [0.25, 0.3) is 0 Å². The molecule has 2 amide bonds. The molecule has 0 aliphatic carbocycles. The maximum Gasteiger partial charge on any atom is 0.269 e. The summed E-state index contributed by atoms with van der Waals surface area (Å²) in [4.78, 5) is 36.7. The van der Waals surface area contributed by atoms with Gasteiger partial charge in [0.1, 0.15) is 0 Å². The summed E-state index contributed by atoms with van der Waals surface area (Å²) >= 11 is 1.25. The molecule has 0 aromatic heterocycles. The minimum absolute atomic E-state index is 0.00548. The number of nitro benzene ring substituents is 1. The summed E-state index contributed by atoms with van der Waals surface area (Å²) in [7, 11) is 0. The molecule has 0 radical (unpaired) electrons. The molecule has 23 heavy (non-hydrogen) atoms. The van der Waals surface area contributed by atoms with Crippen molar-refractivity contribution in [1.29, 1.82) is 0 Å². The summed E-state index contributed by atoms with van der Waals surface area (Å²) < 4.78 is 0. The molecule has 1 aliphatic rings. The van der Waals surface area contributed by atoms with Crippen molar-refractivity contribution in [2.45, 2.75) is 16.6 Å². The van der Waals surface area contributed by atoms with Crippen LogP contribution in [-0.2, 0) is 9.59 Å². The van der Waals surface area contributed by atoms with E-state index >= 15 is 0 Å². The van der Waals surface area contributed by atoms with Crippen LogP contribution in [0.1, 0.15) is 6.42 Å². The van der Waals surface area contributed by atoms with E-state index in [9.17, 15) is 19.7 Å². The van der Waals surface area contributed by atoms with Gasteiger partial charge in [-0.25, -0.2) is 4.90 Å². The minimum atomic E-state index is -0.510. The van der Waals surface area contributed by atoms with E-state index in [1.165, 1.54) is 28.8 Å². The van der Waals surface area contributed by atoms with Gasteiger partial charge in [0.2, 0.25) is 11.8 Å². The zero-order chi connectivity index (χ0) is 16.4. The molecule has 1 saturated heterocycles. The van der Waals surface area contributed by atoms with E-state index in [-0.39, 0.29) is 23.9 Å². The van der Waals surface area contributed by atoms with E-state index in [0.717, 1.165) is 4.90 Å². The predicted molar refractivity (Wildman–Crippen MR) is 86.3 cm³/mol. The van der Waals surface area contributed by atoms with Crippen molar-refractivity contribution in [3.8, 4) is 0 Å². The monoisotopic (exact) mass is 328 g/mol. The summed E-state index contributed by atoms with van der Waals surface area (Å²) in [5, 5.41) is 10.1. The molecule has 1 fully saturated rings. The lowest BCUT2D eigenvalue weighted by atomic mass is 10.3. The molecule has 1 atom stereocenters. The number of rotatable bonds is 4. The largest absolute Gasteiger partial charge is 0.274 e. The van der Waals surface area contributed by atoms with Gasteiger partial charge in [0.25, 0.3) is 5.69 Å². The van der Waals surface area contributed by atoms with Crippen molar-refractivity contribution < 1.29 is 14.5 Å². The smallest absolute Gasteiger partial charge is 0.269 e. The predicted octanol–water partition coefficient (Wildman–Crippen LogP) is 3.02. The van der Waals surface area contributed by atoms with Crippen LogP contribution in [0.5, 0.6) is 0 Å². The Kier molecular flexibility index (Phi) is 4.12. The molecule has 3 rings (SSSR count). The van der Waals surface area contributed by atoms with Gasteiger partial charge in [-0.15, -0.1) is 11.8 Å². The van der Waals surface area contributed by atoms with Gasteiger partial charge in [-0.3, -0.25) is 19.7 Å². The maximum absolute atomic E-state index is 12.5. The molecule has 1 unspecified atom stereocenters. The lowest BCUT2D eigenvalue weighted by molar-refractivity contribution is -0.384. The number of hydrogen-bond donors (Lipinski definition) is 0. The van der Waals surface area contributed by atoms with Crippen LogP contribution < -0.4 is 4.90 Å². The molecule has 6 nitrogen and oxygen atoms in total. The highest BCUT2D eigenvalue weighted by Crippen LogP contribution is 2.34. The lowest BCUT2D eigenvalue weighted by Gasteiger charge is -2.14. The van der Waals surface area contributed by atoms with Crippen molar-refractivity contribution in [2.75, 3.05) is 4.90 Å². The van der Waals surface area contributed by atoms with Gasteiger partial charge in [0, 0.05) is 23.4 Å². The molecule has 2 aromatic rings. The molecular weight excluding hydrogens is 316 g/mol. The Hall–Kier alpha value is -2.67. The fourth-order valence-electron chi connectivity index (χ4n) is 2.36. The summed E-state index contributed by atoms with van der Waals surface area (Å²) in [6.45, 7) is 0. The molecule has 0 saturated carbocycles. The summed E-state index contributed by atoms with van der Waals surface area (Å²) in [5.41, 5.74) is 0.559. The van der Waals surface area contributed by atoms with Crippen LogP contribution in [-0.4, -0.2) is 22.0 Å². The van der Waals surface area contributed by atoms with Gasteiger partial charge in [0.05, 0.1) is 15.9 Å². The second-order valence-electron chi connectivity index (χ2n) is 4.96. The third-order valence-corrected chi connectivity index (χ3v) is 4.64. The lowest BCUT2D eigenvalue weighted by Crippen LogP contribution is -2.30. The SMILES string of the molecule is O=C1CC(Sc2ccc([N+](=O)[O-])cc2)C(=O)N1c1ccccc1. The Morgan fingerprint density at radius 2 is 1.70 bits per heavy atom. The topological polar surface area (TPSA) is 80.5 Å². The van der Waals surface area contributed by atoms with E-state index < -0.39 is 10.2 Å². The van der Waals surface area contributed by atoms with E-state index in [1.807, 2.05) is 6.07 Å². The number of nitrogens with zero attached hydrogens (tertiary/aromatic N) is 2. The van der Waals surface area contributed by atoms with Gasteiger partial charge < -0.3 is 0 Å². The number of carbonyl (C=O) groups excluding carboxylic acids is 2. The van der Waals surface area contributed by atoms with Crippen molar-refractivity contribution >= 4 is 35.0 Å². The first-order valence-corrected chi connectivity index (χ1v) is 7.77. The zero-order valence-electron chi connectivity index (χ0n) is 11.9. The van der Waals surface area contributed by atoms with Crippen LogP contribution in [0, 0.1) is 10.1 Å². The molecular formula is C16H12N2O4S. The van der Waals surface area contributed by atoms with E-state index in [2.05, 4.69) is 0 Å². The average Bonchev–Trinajstić information content (AvgIpc) is 2.82. The third-order valence-electron chi connectivity index (χ3n) is 3.45. The van der Waals surface area contributed by atoms with Crippen LogP contribution in [0.4, 0.5) is 11.4 Å².